The van der Waals surface area contributed by atoms with Crippen molar-refractivity contribution in [2.24, 2.45) is 0 Å². The van der Waals surface area contributed by atoms with Crippen molar-refractivity contribution < 1.29 is 4.74 Å². The second kappa shape index (κ2) is 9.52. The summed E-state index contributed by atoms with van der Waals surface area (Å²) in [5, 5.41) is 0. The summed E-state index contributed by atoms with van der Waals surface area (Å²) in [6.07, 6.45) is 2.54. The van der Waals surface area contributed by atoms with Gasteiger partial charge in [-0.15, -0.1) is 0 Å². The monoisotopic (exact) mass is 412 g/mol. The van der Waals surface area contributed by atoms with E-state index < -0.39 is 0 Å². The molecule has 0 aliphatic heterocycles. The van der Waals surface area contributed by atoms with Crippen molar-refractivity contribution in [1.29, 1.82) is 0 Å². The van der Waals surface area contributed by atoms with Gasteiger partial charge in [0.25, 0.3) is 0 Å². The highest BCUT2D eigenvalue weighted by atomic mass is 16.5. The summed E-state index contributed by atoms with van der Waals surface area (Å²) >= 11 is 0. The van der Waals surface area contributed by atoms with Gasteiger partial charge in [-0.1, -0.05) is 74.0 Å². The van der Waals surface area contributed by atoms with Crippen molar-refractivity contribution >= 4 is 0 Å². The first-order valence-corrected chi connectivity index (χ1v) is 10.8. The summed E-state index contributed by atoms with van der Waals surface area (Å²) < 4.78 is 9.14. The van der Waals surface area contributed by atoms with Gasteiger partial charge in [-0.2, -0.15) is 0 Å². The number of rotatable bonds is 8. The second-order valence-corrected chi connectivity index (χ2v) is 7.69. The minimum absolute atomic E-state index is 0.00315. The molecule has 0 spiro atoms. The topological polar surface area (TPSA) is 36.2 Å². The predicted octanol–water partition coefficient (Wildman–Crippen LogP) is 5.24. The highest BCUT2D eigenvalue weighted by molar-refractivity contribution is 5.41. The molecular weight excluding hydrogens is 384 g/mol. The van der Waals surface area contributed by atoms with Gasteiger partial charge in [0.15, 0.2) is 0 Å². The minimum Gasteiger partial charge on any atom is -0.497 e. The summed E-state index contributed by atoms with van der Waals surface area (Å²) in [4.78, 5) is 13.7. The van der Waals surface area contributed by atoms with Crippen LogP contribution in [0.2, 0.25) is 0 Å². The maximum absolute atomic E-state index is 13.7. The fourth-order valence-electron chi connectivity index (χ4n) is 4.05. The summed E-state index contributed by atoms with van der Waals surface area (Å²) in [6, 6.07) is 28.3. The van der Waals surface area contributed by atoms with Gasteiger partial charge in [-0.05, 0) is 41.8 Å². The number of methoxy groups -OCH3 is 1. The van der Waals surface area contributed by atoms with E-state index in [-0.39, 0.29) is 5.69 Å². The summed E-state index contributed by atoms with van der Waals surface area (Å²) in [5.74, 6) is 0.777. The zero-order valence-corrected chi connectivity index (χ0v) is 18.1. The van der Waals surface area contributed by atoms with Crippen LogP contribution >= 0.6 is 0 Å². The fraction of sp³-hybridized carbons (Fsp3) is 0.222. The Hall–Kier alpha value is -3.53. The van der Waals surface area contributed by atoms with Crippen LogP contribution in [0.15, 0.2) is 89.7 Å². The molecule has 3 aromatic carbocycles. The van der Waals surface area contributed by atoms with Crippen LogP contribution in [-0.2, 0) is 19.4 Å². The second-order valence-electron chi connectivity index (χ2n) is 7.69. The first-order chi connectivity index (χ1) is 15.2. The number of benzene rings is 3. The SMILES string of the molecule is CCCc1c(Cc2ccccc2)n(-c2ccc(OC)cc2)c(=O)n1Cc1ccccc1. The van der Waals surface area contributed by atoms with Crippen molar-refractivity contribution in [1.82, 2.24) is 9.13 Å². The van der Waals surface area contributed by atoms with Crippen LogP contribution in [0.5, 0.6) is 5.75 Å². The average Bonchev–Trinajstić information content (AvgIpc) is 3.06. The van der Waals surface area contributed by atoms with Crippen molar-refractivity contribution in [2.45, 2.75) is 32.7 Å². The Kier molecular flexibility index (Phi) is 6.37. The molecule has 0 atom stereocenters. The molecule has 0 amide bonds. The molecule has 0 saturated heterocycles. The molecule has 0 aliphatic rings. The van der Waals surface area contributed by atoms with E-state index >= 15 is 0 Å². The van der Waals surface area contributed by atoms with E-state index in [1.165, 1.54) is 5.56 Å². The fourth-order valence-corrected chi connectivity index (χ4v) is 4.05. The van der Waals surface area contributed by atoms with Crippen LogP contribution in [0.3, 0.4) is 0 Å². The number of hydrogen-bond acceptors (Lipinski definition) is 2. The van der Waals surface area contributed by atoms with Crippen LogP contribution in [0.1, 0.15) is 35.9 Å². The third-order valence-corrected chi connectivity index (χ3v) is 5.57. The lowest BCUT2D eigenvalue weighted by Crippen LogP contribution is -2.25. The van der Waals surface area contributed by atoms with Gasteiger partial charge >= 0.3 is 5.69 Å². The zero-order valence-electron chi connectivity index (χ0n) is 18.1. The van der Waals surface area contributed by atoms with E-state index in [0.29, 0.717) is 13.0 Å². The van der Waals surface area contributed by atoms with E-state index in [0.717, 1.165) is 41.2 Å². The summed E-state index contributed by atoms with van der Waals surface area (Å²) in [6.45, 7) is 2.73. The average molecular weight is 413 g/mol. The summed E-state index contributed by atoms with van der Waals surface area (Å²) in [5.41, 5.74) is 5.35. The van der Waals surface area contributed by atoms with Crippen molar-refractivity contribution in [2.75, 3.05) is 7.11 Å². The van der Waals surface area contributed by atoms with Crippen LogP contribution in [0.4, 0.5) is 0 Å². The van der Waals surface area contributed by atoms with Crippen molar-refractivity contribution in [3.8, 4) is 11.4 Å². The molecule has 1 heterocycles. The van der Waals surface area contributed by atoms with Crippen LogP contribution < -0.4 is 10.4 Å². The first kappa shape index (κ1) is 20.7. The Bertz CT molecular complexity index is 1170. The van der Waals surface area contributed by atoms with E-state index in [4.69, 9.17) is 4.74 Å². The smallest absolute Gasteiger partial charge is 0.333 e. The molecule has 4 aromatic rings. The van der Waals surface area contributed by atoms with Gasteiger partial charge in [0.1, 0.15) is 5.75 Å². The van der Waals surface area contributed by atoms with Crippen LogP contribution in [0.25, 0.3) is 5.69 Å². The van der Waals surface area contributed by atoms with Crippen LogP contribution in [0, 0.1) is 0 Å². The van der Waals surface area contributed by atoms with Gasteiger partial charge in [0, 0.05) is 12.1 Å². The first-order valence-electron chi connectivity index (χ1n) is 10.8. The highest BCUT2D eigenvalue weighted by Crippen LogP contribution is 2.22. The molecule has 0 bridgehead atoms. The number of aromatic nitrogens is 2. The van der Waals surface area contributed by atoms with E-state index in [9.17, 15) is 4.79 Å². The molecule has 0 saturated carbocycles. The van der Waals surface area contributed by atoms with Crippen molar-refractivity contribution in [3.05, 3.63) is 118 Å². The van der Waals surface area contributed by atoms with E-state index in [1.807, 2.05) is 69.8 Å². The van der Waals surface area contributed by atoms with Crippen molar-refractivity contribution in [3.63, 3.8) is 0 Å². The molecular formula is C27H28N2O2. The Balaban J connectivity index is 1.89. The third-order valence-electron chi connectivity index (χ3n) is 5.57. The molecule has 158 valence electrons. The van der Waals surface area contributed by atoms with Gasteiger partial charge < -0.3 is 4.74 Å². The van der Waals surface area contributed by atoms with Gasteiger partial charge in [0.05, 0.1) is 25.0 Å². The molecule has 0 N–H and O–H groups in total. The summed E-state index contributed by atoms with van der Waals surface area (Å²) in [7, 11) is 1.65. The Labute approximate surface area is 183 Å². The lowest BCUT2D eigenvalue weighted by Gasteiger charge is -2.11. The number of nitrogens with zero attached hydrogens (tertiary/aromatic N) is 2. The maximum atomic E-state index is 13.7. The van der Waals surface area contributed by atoms with E-state index in [2.05, 4.69) is 31.2 Å². The normalized spacial score (nSPS) is 10.9. The quantitative estimate of drug-likeness (QED) is 0.397. The lowest BCUT2D eigenvalue weighted by molar-refractivity contribution is 0.414. The Morgan fingerprint density at radius 1 is 0.774 bits per heavy atom. The van der Waals surface area contributed by atoms with Gasteiger partial charge in [-0.25, -0.2) is 4.79 Å². The van der Waals surface area contributed by atoms with Gasteiger partial charge in [-0.3, -0.25) is 9.13 Å². The molecule has 1 aromatic heterocycles. The molecule has 0 unspecified atom stereocenters. The predicted molar refractivity (Wildman–Crippen MR) is 125 cm³/mol. The van der Waals surface area contributed by atoms with E-state index in [1.54, 1.807) is 7.11 Å². The maximum Gasteiger partial charge on any atom is 0.333 e. The highest BCUT2D eigenvalue weighted by Gasteiger charge is 2.21. The lowest BCUT2D eigenvalue weighted by atomic mass is 10.1. The standard InChI is InChI=1S/C27H28N2O2/c1-3-10-25-26(19-21-11-6-4-7-12-21)29(23-15-17-24(31-2)18-16-23)27(30)28(25)20-22-13-8-5-9-14-22/h4-9,11-18H,3,10,19-20H2,1-2H3. The molecule has 0 aliphatic carbocycles. The molecule has 4 rings (SSSR count). The third kappa shape index (κ3) is 4.48. The zero-order chi connectivity index (χ0) is 21.6. The number of hydrogen-bond donors (Lipinski definition) is 0. The largest absolute Gasteiger partial charge is 0.497 e. The molecule has 31 heavy (non-hydrogen) atoms. The minimum atomic E-state index is 0.00315. The Morgan fingerprint density at radius 3 is 1.97 bits per heavy atom. The Morgan fingerprint density at radius 2 is 1.39 bits per heavy atom. The number of imidazole rings is 1. The molecule has 4 nitrogen and oxygen atoms in total. The molecule has 4 heteroatoms. The van der Waals surface area contributed by atoms with Gasteiger partial charge in [0.2, 0.25) is 0 Å². The molecule has 0 radical (unpaired) electrons. The molecule has 0 fully saturated rings. The van der Waals surface area contributed by atoms with Crippen LogP contribution in [-0.4, -0.2) is 16.2 Å². The number of ether oxygens (including phenoxy) is 1.